The Morgan fingerprint density at radius 1 is 1.32 bits per heavy atom. The quantitative estimate of drug-likeness (QED) is 0.308. The van der Waals surface area contributed by atoms with E-state index in [1.165, 1.54) is 30.1 Å². The van der Waals surface area contributed by atoms with Crippen molar-refractivity contribution in [2.75, 3.05) is 32.5 Å². The van der Waals surface area contributed by atoms with Crippen LogP contribution in [0.1, 0.15) is 37.3 Å². The number of nitrogens with zero attached hydrogens (tertiary/aromatic N) is 3. The first-order valence-electron chi connectivity index (χ1n) is 12.4. The van der Waals surface area contributed by atoms with E-state index in [1.807, 2.05) is 18.2 Å². The van der Waals surface area contributed by atoms with E-state index < -0.39 is 5.97 Å². The number of benzene rings is 1. The third-order valence-corrected chi connectivity index (χ3v) is 8.26. The van der Waals surface area contributed by atoms with Crippen LogP contribution in [0, 0.1) is 17.7 Å². The summed E-state index contributed by atoms with van der Waals surface area (Å²) in [5.74, 6) is 0.708. The third kappa shape index (κ3) is 7.31. The number of aliphatic carboxylic acids is 1. The maximum Gasteiger partial charge on any atom is 0.303 e. The number of methoxy groups -OCH3 is 1. The number of hydrogen-bond acceptors (Lipinski definition) is 7. The highest BCUT2D eigenvalue weighted by molar-refractivity contribution is 7.99. The summed E-state index contributed by atoms with van der Waals surface area (Å²) < 4.78 is 18.8. The number of carboxylic acids is 1. The van der Waals surface area contributed by atoms with Gasteiger partial charge in [-0.25, -0.2) is 9.37 Å². The van der Waals surface area contributed by atoms with E-state index in [-0.39, 0.29) is 30.1 Å². The number of aromatic nitrogens is 2. The van der Waals surface area contributed by atoms with Crippen LogP contribution in [0.15, 0.2) is 47.8 Å². The highest BCUT2D eigenvalue weighted by Crippen LogP contribution is 2.36. The van der Waals surface area contributed by atoms with Gasteiger partial charge in [0.2, 0.25) is 0 Å². The van der Waals surface area contributed by atoms with E-state index in [1.54, 1.807) is 13.3 Å². The molecule has 3 heterocycles. The topological polar surface area (TPSA) is 102 Å². The van der Waals surface area contributed by atoms with Gasteiger partial charge in [-0.1, -0.05) is 11.6 Å². The first-order valence-corrected chi connectivity index (χ1v) is 13.8. The molecule has 1 aliphatic rings. The molecule has 3 N–H and O–H groups in total. The first-order chi connectivity index (χ1) is 17.8. The number of carbonyl (C=O) groups is 1. The number of thioether (sulfide) groups is 1. The van der Waals surface area contributed by atoms with Gasteiger partial charge in [-0.05, 0) is 67.5 Å². The Morgan fingerprint density at radius 3 is 2.92 bits per heavy atom. The van der Waals surface area contributed by atoms with Crippen LogP contribution < -0.4 is 10.5 Å². The van der Waals surface area contributed by atoms with Crippen molar-refractivity contribution in [3.05, 3.63) is 59.1 Å². The molecular formula is C27H32ClFN4O3S. The standard InChI is InChI=1S/C27H32ClFN4O3S/c1-36-20-3-5-24-21(14-20)27(22(28)15-32-24)23(30)4-2-17-7-9-33(16-18(17)12-26(34)35)10-11-37-25-13-19(29)6-8-31-25/h3,5-6,8,13-15,17-18,23H,2,4,7,9-12,16,30H2,1H3,(H,34,35)/t17?,18?,23-/m1/s1. The molecule has 198 valence electrons. The lowest BCUT2D eigenvalue weighted by molar-refractivity contribution is -0.139. The molecule has 2 aromatic heterocycles. The summed E-state index contributed by atoms with van der Waals surface area (Å²) in [5.41, 5.74) is 8.31. The van der Waals surface area contributed by atoms with Gasteiger partial charge in [0, 0.05) is 55.2 Å². The molecule has 4 rings (SSSR count). The zero-order valence-electron chi connectivity index (χ0n) is 20.8. The van der Waals surface area contributed by atoms with Crippen LogP contribution in [0.4, 0.5) is 4.39 Å². The molecule has 0 aliphatic carbocycles. The number of hydrogen-bond donors (Lipinski definition) is 2. The van der Waals surface area contributed by atoms with E-state index in [9.17, 15) is 14.3 Å². The highest BCUT2D eigenvalue weighted by Gasteiger charge is 2.31. The number of rotatable bonds is 11. The van der Waals surface area contributed by atoms with E-state index in [4.69, 9.17) is 22.1 Å². The van der Waals surface area contributed by atoms with Gasteiger partial charge in [0.05, 0.1) is 22.7 Å². The number of ether oxygens (including phenoxy) is 1. The predicted octanol–water partition coefficient (Wildman–Crippen LogP) is 5.42. The Balaban J connectivity index is 1.37. The smallest absolute Gasteiger partial charge is 0.303 e. The van der Waals surface area contributed by atoms with Crippen molar-refractivity contribution in [1.29, 1.82) is 0 Å². The Labute approximate surface area is 225 Å². The molecular weight excluding hydrogens is 515 g/mol. The van der Waals surface area contributed by atoms with Crippen molar-refractivity contribution < 1.29 is 19.0 Å². The fraction of sp³-hybridized carbons (Fsp3) is 0.444. The van der Waals surface area contributed by atoms with Crippen LogP contribution in [0.2, 0.25) is 5.02 Å². The van der Waals surface area contributed by atoms with Gasteiger partial charge >= 0.3 is 5.97 Å². The van der Waals surface area contributed by atoms with Crippen molar-refractivity contribution in [2.45, 2.75) is 36.8 Å². The first kappa shape index (κ1) is 27.6. The Bertz CT molecular complexity index is 1230. The summed E-state index contributed by atoms with van der Waals surface area (Å²) in [6.45, 7) is 2.41. The maximum absolute atomic E-state index is 13.4. The largest absolute Gasteiger partial charge is 0.497 e. The van der Waals surface area contributed by atoms with Gasteiger partial charge < -0.3 is 20.5 Å². The molecule has 3 atom stereocenters. The van der Waals surface area contributed by atoms with E-state index in [0.717, 1.165) is 54.7 Å². The third-order valence-electron chi connectivity index (χ3n) is 7.05. The second-order valence-corrected chi connectivity index (χ2v) is 11.0. The van der Waals surface area contributed by atoms with Crippen molar-refractivity contribution in [3.8, 4) is 5.75 Å². The van der Waals surface area contributed by atoms with Crippen molar-refractivity contribution in [1.82, 2.24) is 14.9 Å². The number of halogens is 2. The van der Waals surface area contributed by atoms with Crippen molar-refractivity contribution in [2.24, 2.45) is 17.6 Å². The molecule has 1 fully saturated rings. The monoisotopic (exact) mass is 546 g/mol. The fourth-order valence-electron chi connectivity index (χ4n) is 5.15. The Morgan fingerprint density at radius 2 is 2.16 bits per heavy atom. The summed E-state index contributed by atoms with van der Waals surface area (Å²) in [6, 6.07) is 8.12. The summed E-state index contributed by atoms with van der Waals surface area (Å²) in [5, 5.41) is 11.6. The lowest BCUT2D eigenvalue weighted by Crippen LogP contribution is -2.42. The lowest BCUT2D eigenvalue weighted by Gasteiger charge is -2.38. The van der Waals surface area contributed by atoms with Crippen molar-refractivity contribution in [3.63, 3.8) is 0 Å². The molecule has 0 radical (unpaired) electrons. The van der Waals surface area contributed by atoms with Gasteiger partial charge in [-0.15, -0.1) is 11.8 Å². The number of fused-ring (bicyclic) bond motifs is 1. The molecule has 10 heteroatoms. The number of carboxylic acid groups (broad SMARTS) is 1. The van der Waals surface area contributed by atoms with Gasteiger partial charge in [-0.2, -0.15) is 0 Å². The molecule has 1 aliphatic heterocycles. The number of nitrogens with two attached hydrogens (primary N) is 1. The van der Waals surface area contributed by atoms with Crippen LogP contribution >= 0.6 is 23.4 Å². The summed E-state index contributed by atoms with van der Waals surface area (Å²) in [6.07, 6.45) is 5.65. The van der Waals surface area contributed by atoms with Gasteiger partial charge in [0.1, 0.15) is 11.6 Å². The van der Waals surface area contributed by atoms with Crippen LogP contribution in [0.25, 0.3) is 10.9 Å². The highest BCUT2D eigenvalue weighted by atomic mass is 35.5. The molecule has 0 saturated carbocycles. The minimum atomic E-state index is -0.783. The normalized spacial score (nSPS) is 19.1. The predicted molar refractivity (Wildman–Crippen MR) is 145 cm³/mol. The summed E-state index contributed by atoms with van der Waals surface area (Å²) in [7, 11) is 1.62. The molecule has 2 unspecified atom stereocenters. The molecule has 0 bridgehead atoms. The Hall–Kier alpha value is -2.46. The molecule has 1 saturated heterocycles. The van der Waals surface area contributed by atoms with Crippen LogP contribution in [0.5, 0.6) is 5.75 Å². The molecule has 37 heavy (non-hydrogen) atoms. The van der Waals surface area contributed by atoms with Crippen LogP contribution in [-0.2, 0) is 4.79 Å². The average Bonchev–Trinajstić information content (AvgIpc) is 2.87. The minimum absolute atomic E-state index is 0.0421. The van der Waals surface area contributed by atoms with Crippen LogP contribution in [-0.4, -0.2) is 58.4 Å². The molecule has 0 spiro atoms. The fourth-order valence-corrected chi connectivity index (χ4v) is 6.33. The average molecular weight is 547 g/mol. The van der Waals surface area contributed by atoms with Gasteiger partial charge in [0.15, 0.2) is 0 Å². The lowest BCUT2D eigenvalue weighted by atomic mass is 9.79. The SMILES string of the molecule is COc1ccc2ncc(Cl)c([C@H](N)CCC3CCN(CCSc4cc(F)ccn4)CC3CC(=O)O)c2c1. The van der Waals surface area contributed by atoms with E-state index in [2.05, 4.69) is 14.9 Å². The summed E-state index contributed by atoms with van der Waals surface area (Å²) in [4.78, 5) is 22.5. The molecule has 1 aromatic carbocycles. The van der Waals surface area contributed by atoms with Gasteiger partial charge in [0.25, 0.3) is 0 Å². The number of pyridine rings is 2. The zero-order valence-corrected chi connectivity index (χ0v) is 22.3. The second-order valence-electron chi connectivity index (χ2n) is 9.45. The molecule has 3 aromatic rings. The van der Waals surface area contributed by atoms with E-state index >= 15 is 0 Å². The Kier molecular flexibility index (Phi) is 9.59. The second kappa shape index (κ2) is 12.9. The minimum Gasteiger partial charge on any atom is -0.497 e. The number of piperidine rings is 1. The van der Waals surface area contributed by atoms with Crippen LogP contribution in [0.3, 0.4) is 0 Å². The molecule has 0 amide bonds. The maximum atomic E-state index is 13.4. The zero-order chi connectivity index (χ0) is 26.4. The van der Waals surface area contributed by atoms with Gasteiger partial charge in [-0.3, -0.25) is 9.78 Å². The summed E-state index contributed by atoms with van der Waals surface area (Å²) >= 11 is 8.05. The van der Waals surface area contributed by atoms with Crippen molar-refractivity contribution >= 4 is 40.2 Å². The van der Waals surface area contributed by atoms with E-state index in [0.29, 0.717) is 22.2 Å². The number of likely N-dealkylation sites (tertiary alicyclic amines) is 1. The molecule has 7 nitrogen and oxygen atoms in total.